The Morgan fingerprint density at radius 2 is 0.778 bits per heavy atom. The molecule has 0 aromatic heterocycles. The summed E-state index contributed by atoms with van der Waals surface area (Å²) in [5.41, 5.74) is 0. The van der Waals surface area contributed by atoms with Gasteiger partial charge in [0.25, 0.3) is 0 Å². The van der Waals surface area contributed by atoms with E-state index in [0.717, 1.165) is 48.9 Å². The lowest BCUT2D eigenvalue weighted by Crippen LogP contribution is -2.00. The van der Waals surface area contributed by atoms with Crippen LogP contribution in [0.2, 0.25) is 0 Å². The summed E-state index contributed by atoms with van der Waals surface area (Å²) < 4.78 is 0. The van der Waals surface area contributed by atoms with Gasteiger partial charge in [-0.2, -0.15) is 0 Å². The third-order valence-corrected chi connectivity index (χ3v) is 8.17. The molecule has 0 saturated carbocycles. The van der Waals surface area contributed by atoms with Crippen LogP contribution in [0.3, 0.4) is 0 Å². The summed E-state index contributed by atoms with van der Waals surface area (Å²) in [6.45, 7) is 25.2. The quantitative estimate of drug-likeness (QED) is 0.0627. The van der Waals surface area contributed by atoms with E-state index in [1.54, 1.807) is 0 Å². The largest absolute Gasteiger partial charge is 0.0917 e. The van der Waals surface area contributed by atoms with Crippen molar-refractivity contribution in [2.45, 2.75) is 211 Å². The molecule has 0 fully saturated rings. The molecular formula is C45H88. The zero-order valence-electron chi connectivity index (χ0n) is 33.4. The van der Waals surface area contributed by atoms with E-state index < -0.39 is 0 Å². The van der Waals surface area contributed by atoms with E-state index in [9.17, 15) is 0 Å². The second-order valence-electron chi connectivity index (χ2n) is 15.4. The van der Waals surface area contributed by atoms with Crippen LogP contribution in [-0.4, -0.2) is 0 Å². The van der Waals surface area contributed by atoms with Crippen LogP contribution >= 0.6 is 0 Å². The van der Waals surface area contributed by atoms with E-state index in [4.69, 9.17) is 0 Å². The molecular weight excluding hydrogens is 540 g/mol. The van der Waals surface area contributed by atoms with Crippen molar-refractivity contribution in [2.75, 3.05) is 0 Å². The minimum absolute atomic E-state index is 0.874. The van der Waals surface area contributed by atoms with Crippen LogP contribution in [0.4, 0.5) is 0 Å². The van der Waals surface area contributed by atoms with Gasteiger partial charge in [-0.3, -0.25) is 0 Å². The average Bonchev–Trinajstić information content (AvgIpc) is 2.96. The molecule has 0 heterocycles. The highest BCUT2D eigenvalue weighted by atomic mass is 14.1. The molecule has 0 aromatic carbocycles. The average molecular weight is 629 g/mol. The highest BCUT2D eigenvalue weighted by Crippen LogP contribution is 2.19. The van der Waals surface area contributed by atoms with Crippen LogP contribution in [0.15, 0.2) is 48.6 Å². The van der Waals surface area contributed by atoms with Crippen molar-refractivity contribution in [1.29, 1.82) is 0 Å². The summed E-state index contributed by atoms with van der Waals surface area (Å²) in [4.78, 5) is 0. The molecule has 0 nitrogen and oxygen atoms in total. The van der Waals surface area contributed by atoms with Gasteiger partial charge < -0.3 is 0 Å². The third-order valence-electron chi connectivity index (χ3n) is 8.17. The maximum Gasteiger partial charge on any atom is -0.0169 e. The van der Waals surface area contributed by atoms with Crippen molar-refractivity contribution < 1.29 is 0 Å². The standard InChI is InChI=1S/C20H36.C13H26.C12H26/c1-4-5-6-7-8-9-10-11-12-13-14-15-16-17-18-19-20(2)3;1-4-5-6-7-8-9-10-11-12-13(2)3;1-10(2)7-6-8-12(5)9-11(3)4/h5-6,8-9,11-12,20H,4,7,10,13-19H2,1-3H3;4-5,13H,6-12H2,1-3H3;10-12H,6-9H2,1-5H3/b6-5-,9-8-,12-11-;5-4-;. The molecule has 0 rings (SSSR count). The molecule has 1 unspecified atom stereocenters. The molecule has 0 saturated heterocycles. The second kappa shape index (κ2) is 41.0. The summed E-state index contributed by atoms with van der Waals surface area (Å²) in [6, 6.07) is 0. The number of rotatable bonds is 27. The van der Waals surface area contributed by atoms with Gasteiger partial charge >= 0.3 is 0 Å². The first-order valence-corrected chi connectivity index (χ1v) is 20.1. The smallest absolute Gasteiger partial charge is 0.0169 e. The summed E-state index contributed by atoms with van der Waals surface area (Å²) >= 11 is 0. The fourth-order valence-corrected chi connectivity index (χ4v) is 5.48. The van der Waals surface area contributed by atoms with Crippen LogP contribution < -0.4 is 0 Å². The van der Waals surface area contributed by atoms with Gasteiger partial charge in [0, 0.05) is 0 Å². The van der Waals surface area contributed by atoms with Crippen LogP contribution in [0, 0.1) is 29.6 Å². The minimum Gasteiger partial charge on any atom is -0.0917 e. The Hall–Kier alpha value is -1.04. The first-order valence-electron chi connectivity index (χ1n) is 20.1. The highest BCUT2D eigenvalue weighted by Gasteiger charge is 2.05. The van der Waals surface area contributed by atoms with E-state index in [1.165, 1.54) is 116 Å². The Morgan fingerprint density at radius 3 is 1.22 bits per heavy atom. The van der Waals surface area contributed by atoms with Crippen LogP contribution in [0.5, 0.6) is 0 Å². The van der Waals surface area contributed by atoms with Gasteiger partial charge in [0.05, 0.1) is 0 Å². The summed E-state index contributed by atoms with van der Waals surface area (Å²) in [6.07, 6.45) is 46.5. The van der Waals surface area contributed by atoms with Crippen molar-refractivity contribution in [1.82, 2.24) is 0 Å². The van der Waals surface area contributed by atoms with Gasteiger partial charge in [-0.1, -0.05) is 201 Å². The van der Waals surface area contributed by atoms with E-state index in [0.29, 0.717) is 0 Å². The Labute approximate surface area is 288 Å². The second-order valence-corrected chi connectivity index (χ2v) is 15.4. The van der Waals surface area contributed by atoms with Crippen molar-refractivity contribution in [3.63, 3.8) is 0 Å². The van der Waals surface area contributed by atoms with E-state index in [1.807, 2.05) is 0 Å². The van der Waals surface area contributed by atoms with Gasteiger partial charge in [0.15, 0.2) is 0 Å². The lowest BCUT2D eigenvalue weighted by atomic mass is 9.93. The van der Waals surface area contributed by atoms with Crippen molar-refractivity contribution in [3.05, 3.63) is 48.6 Å². The number of hydrogen-bond donors (Lipinski definition) is 0. The highest BCUT2D eigenvalue weighted by molar-refractivity contribution is 4.96. The van der Waals surface area contributed by atoms with Gasteiger partial charge in [-0.15, -0.1) is 0 Å². The zero-order valence-corrected chi connectivity index (χ0v) is 33.4. The third kappa shape index (κ3) is 55.7. The molecule has 0 N–H and O–H groups in total. The molecule has 0 aliphatic carbocycles. The molecule has 45 heavy (non-hydrogen) atoms. The predicted octanol–water partition coefficient (Wildman–Crippen LogP) is 16.7. The minimum atomic E-state index is 0.874. The molecule has 0 aliphatic rings. The summed E-state index contributed by atoms with van der Waals surface area (Å²) in [5, 5.41) is 0. The first kappa shape index (κ1) is 48.4. The normalized spacial score (nSPS) is 12.8. The topological polar surface area (TPSA) is 0 Å². The molecule has 0 heteroatoms. The molecule has 0 radical (unpaired) electrons. The maximum atomic E-state index is 2.39. The molecule has 0 bridgehead atoms. The number of hydrogen-bond acceptors (Lipinski definition) is 0. The molecule has 0 aromatic rings. The summed E-state index contributed by atoms with van der Waals surface area (Å²) in [7, 11) is 0. The van der Waals surface area contributed by atoms with Gasteiger partial charge in [0.1, 0.15) is 0 Å². The van der Waals surface area contributed by atoms with E-state index in [2.05, 4.69) is 125 Å². The Kier molecular flexibility index (Phi) is 44.0. The molecule has 0 aliphatic heterocycles. The van der Waals surface area contributed by atoms with Crippen molar-refractivity contribution >= 4 is 0 Å². The van der Waals surface area contributed by atoms with Crippen molar-refractivity contribution in [3.8, 4) is 0 Å². The molecule has 0 spiro atoms. The molecule has 0 amide bonds. The maximum absolute atomic E-state index is 2.39. The Morgan fingerprint density at radius 1 is 0.378 bits per heavy atom. The Bertz CT molecular complexity index is 626. The fraction of sp³-hybridized carbons (Fsp3) is 0.822. The predicted molar refractivity (Wildman–Crippen MR) is 213 cm³/mol. The van der Waals surface area contributed by atoms with Crippen LogP contribution in [0.1, 0.15) is 211 Å². The number of allylic oxidation sites excluding steroid dienone is 8. The first-order chi connectivity index (χ1) is 21.6. The van der Waals surface area contributed by atoms with Crippen LogP contribution in [-0.2, 0) is 0 Å². The SMILES string of the molecule is C/C=C\CCCCCCCC(C)C.CC(C)CCCC(C)CC(C)C.CC/C=C\C/C=C\C/C=C\CCCCCCCC(C)C. The van der Waals surface area contributed by atoms with Gasteiger partial charge in [-0.05, 0) is 87.9 Å². The lowest BCUT2D eigenvalue weighted by Gasteiger charge is -2.14. The zero-order chi connectivity index (χ0) is 34.4. The van der Waals surface area contributed by atoms with E-state index >= 15 is 0 Å². The van der Waals surface area contributed by atoms with Crippen molar-refractivity contribution in [2.24, 2.45) is 29.6 Å². The number of unbranched alkanes of at least 4 members (excludes halogenated alkanes) is 10. The fourth-order valence-electron chi connectivity index (χ4n) is 5.48. The summed E-state index contributed by atoms with van der Waals surface area (Å²) in [5.74, 6) is 4.46. The monoisotopic (exact) mass is 629 g/mol. The Balaban J connectivity index is -0.000000617. The lowest BCUT2D eigenvalue weighted by molar-refractivity contribution is 0.388. The van der Waals surface area contributed by atoms with E-state index in [-0.39, 0.29) is 0 Å². The molecule has 1 atom stereocenters. The molecule has 268 valence electrons. The van der Waals surface area contributed by atoms with Gasteiger partial charge in [0.2, 0.25) is 0 Å². The van der Waals surface area contributed by atoms with Crippen LogP contribution in [0.25, 0.3) is 0 Å². The van der Waals surface area contributed by atoms with Gasteiger partial charge in [-0.25, -0.2) is 0 Å².